The lowest BCUT2D eigenvalue weighted by molar-refractivity contribution is 0.0936. The second-order valence-electron chi connectivity index (χ2n) is 6.43. The standard InChI is InChI=1S/C20H20ClN3O4S2/c1-3-13(2)23-19(25)16-8-5-11-22-20(16)28-15-7-4-6-14(12-15)24-30(26,27)18-10-9-17(21)29-18/h4-13,24H,3H2,1-2H3,(H,23,25). The van der Waals surface area contributed by atoms with Crippen LogP contribution in [0.15, 0.2) is 58.9 Å². The van der Waals surface area contributed by atoms with Gasteiger partial charge in [0, 0.05) is 18.3 Å². The van der Waals surface area contributed by atoms with Crippen LogP contribution in [0, 0.1) is 0 Å². The molecule has 3 rings (SSSR count). The number of hydrogen-bond acceptors (Lipinski definition) is 6. The summed E-state index contributed by atoms with van der Waals surface area (Å²) >= 11 is 6.79. The second kappa shape index (κ2) is 9.46. The van der Waals surface area contributed by atoms with Crippen LogP contribution in [0.25, 0.3) is 0 Å². The molecule has 2 N–H and O–H groups in total. The van der Waals surface area contributed by atoms with Crippen LogP contribution in [0.5, 0.6) is 11.6 Å². The van der Waals surface area contributed by atoms with Crippen LogP contribution in [0.2, 0.25) is 4.34 Å². The fraction of sp³-hybridized carbons (Fsp3) is 0.200. The summed E-state index contributed by atoms with van der Waals surface area (Å²) in [5, 5.41) is 2.87. The van der Waals surface area contributed by atoms with Gasteiger partial charge in [0.2, 0.25) is 5.88 Å². The number of carbonyl (C=O) groups is 1. The first-order valence-corrected chi connectivity index (χ1v) is 11.8. The molecule has 3 aromatic rings. The van der Waals surface area contributed by atoms with E-state index in [2.05, 4.69) is 15.0 Å². The molecule has 1 amide bonds. The number of thiophene rings is 1. The number of aromatic nitrogens is 1. The predicted octanol–water partition coefficient (Wildman–Crippen LogP) is 4.92. The minimum atomic E-state index is -3.77. The summed E-state index contributed by atoms with van der Waals surface area (Å²) in [5.41, 5.74) is 0.593. The van der Waals surface area contributed by atoms with E-state index >= 15 is 0 Å². The molecule has 1 atom stereocenters. The van der Waals surface area contributed by atoms with Crippen LogP contribution in [0.4, 0.5) is 5.69 Å². The number of amides is 1. The van der Waals surface area contributed by atoms with Crippen molar-refractivity contribution in [1.82, 2.24) is 10.3 Å². The highest BCUT2D eigenvalue weighted by Gasteiger charge is 2.18. The lowest BCUT2D eigenvalue weighted by Crippen LogP contribution is -2.32. The van der Waals surface area contributed by atoms with Crippen LogP contribution in [-0.4, -0.2) is 25.4 Å². The van der Waals surface area contributed by atoms with Gasteiger partial charge in [0.15, 0.2) is 0 Å². The van der Waals surface area contributed by atoms with Crippen molar-refractivity contribution in [3.63, 3.8) is 0 Å². The maximum absolute atomic E-state index is 12.5. The summed E-state index contributed by atoms with van der Waals surface area (Å²) < 4.78 is 33.7. The fourth-order valence-corrected chi connectivity index (χ4v) is 4.96. The van der Waals surface area contributed by atoms with Gasteiger partial charge in [-0.2, -0.15) is 0 Å². The van der Waals surface area contributed by atoms with E-state index in [0.29, 0.717) is 15.8 Å². The fourth-order valence-electron chi connectivity index (χ4n) is 2.43. The van der Waals surface area contributed by atoms with E-state index in [1.54, 1.807) is 30.3 Å². The Balaban J connectivity index is 1.80. The van der Waals surface area contributed by atoms with Gasteiger partial charge in [-0.1, -0.05) is 24.6 Å². The van der Waals surface area contributed by atoms with E-state index in [1.807, 2.05) is 13.8 Å². The molecule has 2 aromatic heterocycles. The Hall–Kier alpha value is -2.62. The first-order chi connectivity index (χ1) is 14.3. The number of nitrogens with one attached hydrogen (secondary N) is 2. The SMILES string of the molecule is CCC(C)NC(=O)c1cccnc1Oc1cccc(NS(=O)(=O)c2ccc(Cl)s2)c1. The molecule has 0 radical (unpaired) electrons. The smallest absolute Gasteiger partial charge is 0.271 e. The number of ether oxygens (including phenoxy) is 1. The highest BCUT2D eigenvalue weighted by atomic mass is 35.5. The zero-order chi connectivity index (χ0) is 21.7. The molecule has 0 aliphatic carbocycles. The van der Waals surface area contributed by atoms with Crippen molar-refractivity contribution in [1.29, 1.82) is 0 Å². The molecule has 0 bridgehead atoms. The first kappa shape index (κ1) is 22.1. The number of carbonyl (C=O) groups excluding carboxylic acids is 1. The minimum absolute atomic E-state index is 0.00838. The van der Waals surface area contributed by atoms with E-state index in [1.165, 1.54) is 24.4 Å². The topological polar surface area (TPSA) is 97.4 Å². The molecule has 0 aliphatic rings. The molecule has 158 valence electrons. The van der Waals surface area contributed by atoms with Gasteiger partial charge in [0.05, 0.1) is 10.0 Å². The maximum Gasteiger partial charge on any atom is 0.271 e. The number of nitrogens with zero attached hydrogens (tertiary/aromatic N) is 1. The molecule has 0 spiro atoms. The van der Waals surface area contributed by atoms with Gasteiger partial charge in [0.25, 0.3) is 15.9 Å². The van der Waals surface area contributed by atoms with E-state index < -0.39 is 10.0 Å². The Kier molecular flexibility index (Phi) is 6.96. The molecule has 0 saturated heterocycles. The average Bonchev–Trinajstić information content (AvgIpc) is 3.15. The van der Waals surface area contributed by atoms with Crippen LogP contribution in [-0.2, 0) is 10.0 Å². The van der Waals surface area contributed by atoms with Crippen molar-refractivity contribution in [3.05, 3.63) is 64.6 Å². The number of halogens is 1. The Morgan fingerprint density at radius 2 is 2.03 bits per heavy atom. The highest BCUT2D eigenvalue weighted by Crippen LogP contribution is 2.29. The number of hydrogen-bond donors (Lipinski definition) is 2. The first-order valence-electron chi connectivity index (χ1n) is 9.10. The zero-order valence-corrected chi connectivity index (χ0v) is 18.6. The summed E-state index contributed by atoms with van der Waals surface area (Å²) in [5.74, 6) is 0.165. The third kappa shape index (κ3) is 5.50. The van der Waals surface area contributed by atoms with Gasteiger partial charge in [0.1, 0.15) is 15.5 Å². The van der Waals surface area contributed by atoms with Gasteiger partial charge in [-0.15, -0.1) is 11.3 Å². The van der Waals surface area contributed by atoms with Gasteiger partial charge in [-0.05, 0) is 49.7 Å². The quantitative estimate of drug-likeness (QED) is 0.492. The summed E-state index contributed by atoms with van der Waals surface area (Å²) in [6, 6.07) is 12.6. The lowest BCUT2D eigenvalue weighted by atomic mass is 10.2. The molecular formula is C20H20ClN3O4S2. The largest absolute Gasteiger partial charge is 0.438 e. The van der Waals surface area contributed by atoms with Gasteiger partial charge in [-0.3, -0.25) is 9.52 Å². The molecule has 0 aliphatic heterocycles. The predicted molar refractivity (Wildman–Crippen MR) is 118 cm³/mol. The van der Waals surface area contributed by atoms with Crippen LogP contribution >= 0.6 is 22.9 Å². The van der Waals surface area contributed by atoms with Crippen molar-refractivity contribution >= 4 is 44.6 Å². The number of pyridine rings is 1. The number of sulfonamides is 1. The molecule has 10 heteroatoms. The van der Waals surface area contributed by atoms with Crippen LogP contribution < -0.4 is 14.8 Å². The highest BCUT2D eigenvalue weighted by molar-refractivity contribution is 7.94. The van der Waals surface area contributed by atoms with Crippen LogP contribution in [0.1, 0.15) is 30.6 Å². The van der Waals surface area contributed by atoms with E-state index in [0.717, 1.165) is 17.8 Å². The molecular weight excluding hydrogens is 446 g/mol. The number of rotatable bonds is 8. The zero-order valence-electron chi connectivity index (χ0n) is 16.3. The third-order valence-electron chi connectivity index (χ3n) is 4.12. The molecule has 30 heavy (non-hydrogen) atoms. The van der Waals surface area contributed by atoms with Gasteiger partial charge < -0.3 is 10.1 Å². The van der Waals surface area contributed by atoms with Crippen molar-refractivity contribution in [2.75, 3.05) is 4.72 Å². The molecule has 0 saturated carbocycles. The normalized spacial score (nSPS) is 12.2. The molecule has 0 fully saturated rings. The van der Waals surface area contributed by atoms with E-state index in [-0.39, 0.29) is 27.6 Å². The Bertz CT molecular complexity index is 1150. The van der Waals surface area contributed by atoms with Crippen molar-refractivity contribution in [2.24, 2.45) is 0 Å². The van der Waals surface area contributed by atoms with Crippen molar-refractivity contribution in [3.8, 4) is 11.6 Å². The minimum Gasteiger partial charge on any atom is -0.438 e. The van der Waals surface area contributed by atoms with Crippen LogP contribution in [0.3, 0.4) is 0 Å². The van der Waals surface area contributed by atoms with E-state index in [4.69, 9.17) is 16.3 Å². The average molecular weight is 466 g/mol. The summed E-state index contributed by atoms with van der Waals surface area (Å²) in [4.78, 5) is 16.7. The maximum atomic E-state index is 12.5. The number of anilines is 1. The van der Waals surface area contributed by atoms with E-state index in [9.17, 15) is 13.2 Å². The Morgan fingerprint density at radius 3 is 2.73 bits per heavy atom. The Labute approximate surface area is 184 Å². The molecule has 1 aromatic carbocycles. The molecule has 7 nitrogen and oxygen atoms in total. The summed E-state index contributed by atoms with van der Waals surface area (Å²) in [6.07, 6.45) is 2.31. The monoisotopic (exact) mass is 465 g/mol. The van der Waals surface area contributed by atoms with Gasteiger partial charge in [-0.25, -0.2) is 13.4 Å². The second-order valence-corrected chi connectivity index (χ2v) is 10.1. The third-order valence-corrected chi connectivity index (χ3v) is 7.22. The molecule has 1 unspecified atom stereocenters. The lowest BCUT2D eigenvalue weighted by Gasteiger charge is -2.14. The summed E-state index contributed by atoms with van der Waals surface area (Å²) in [7, 11) is -3.77. The number of benzene rings is 1. The molecule has 2 heterocycles. The van der Waals surface area contributed by atoms with Crippen molar-refractivity contribution < 1.29 is 17.9 Å². The van der Waals surface area contributed by atoms with Gasteiger partial charge >= 0.3 is 0 Å². The summed E-state index contributed by atoms with van der Waals surface area (Å²) in [6.45, 7) is 3.88. The van der Waals surface area contributed by atoms with Crippen molar-refractivity contribution in [2.45, 2.75) is 30.5 Å². The Morgan fingerprint density at radius 1 is 1.23 bits per heavy atom.